The molecule has 3 aromatic carbocycles. The summed E-state index contributed by atoms with van der Waals surface area (Å²) in [6.45, 7) is 11.8. The molecule has 1 unspecified atom stereocenters. The number of fused-ring (bicyclic) bond motifs is 1. The average Bonchev–Trinajstić information content (AvgIpc) is 3.31. The quantitative estimate of drug-likeness (QED) is 0.401. The van der Waals surface area contributed by atoms with Crippen LogP contribution < -0.4 is 4.74 Å². The monoisotopic (exact) mass is 519 g/mol. The predicted molar refractivity (Wildman–Crippen MR) is 144 cm³/mol. The summed E-state index contributed by atoms with van der Waals surface area (Å²) in [6.07, 6.45) is -1.21. The van der Waals surface area contributed by atoms with Crippen LogP contribution in [0.25, 0.3) is 11.1 Å². The first-order valence-corrected chi connectivity index (χ1v) is 12.6. The highest BCUT2D eigenvalue weighted by molar-refractivity contribution is 5.95. The number of methoxy groups -OCH3 is 1. The van der Waals surface area contributed by atoms with E-state index in [1.807, 2.05) is 65.8 Å². The molecule has 1 aliphatic rings. The summed E-state index contributed by atoms with van der Waals surface area (Å²) >= 11 is 0. The number of ether oxygens (including phenoxy) is 2. The normalized spacial score (nSPS) is 13.8. The van der Waals surface area contributed by atoms with Gasteiger partial charge in [0, 0.05) is 18.7 Å². The largest absolute Gasteiger partial charge is 0.494 e. The van der Waals surface area contributed by atoms with Gasteiger partial charge in [-0.15, -0.1) is 0 Å². The fourth-order valence-corrected chi connectivity index (χ4v) is 5.18. The van der Waals surface area contributed by atoms with Crippen molar-refractivity contribution in [2.75, 3.05) is 7.11 Å². The zero-order valence-corrected chi connectivity index (χ0v) is 22.9. The van der Waals surface area contributed by atoms with E-state index in [0.29, 0.717) is 5.56 Å². The minimum absolute atomic E-state index is 0.00694. The van der Waals surface area contributed by atoms with E-state index in [2.05, 4.69) is 0 Å². The van der Waals surface area contributed by atoms with Crippen LogP contribution in [-0.2, 0) is 22.6 Å². The number of carbonyl (C=O) groups is 2. The van der Waals surface area contributed by atoms with E-state index in [0.717, 1.165) is 38.9 Å². The number of carbonyl (C=O) groups excluding carboxylic acids is 1. The first-order valence-electron chi connectivity index (χ1n) is 12.6. The van der Waals surface area contributed by atoms with Crippen molar-refractivity contribution in [2.45, 2.75) is 66.3 Å². The summed E-state index contributed by atoms with van der Waals surface area (Å²) in [6, 6.07) is 12.4. The second kappa shape index (κ2) is 10.2. The summed E-state index contributed by atoms with van der Waals surface area (Å²) in [4.78, 5) is 27.6. The van der Waals surface area contributed by atoms with Gasteiger partial charge in [-0.1, -0.05) is 35.9 Å². The van der Waals surface area contributed by atoms with Crippen LogP contribution in [0.4, 0.5) is 4.39 Å². The van der Waals surface area contributed by atoms with Crippen molar-refractivity contribution >= 4 is 11.9 Å². The number of amides is 1. The minimum Gasteiger partial charge on any atom is -0.494 e. The van der Waals surface area contributed by atoms with Gasteiger partial charge in [-0.05, 0) is 87.1 Å². The number of hydrogen-bond donors (Lipinski definition) is 1. The van der Waals surface area contributed by atoms with Gasteiger partial charge in [0.25, 0.3) is 5.91 Å². The molecule has 1 atom stereocenters. The Morgan fingerprint density at radius 2 is 1.58 bits per heavy atom. The Hall–Kier alpha value is -3.71. The maximum absolute atomic E-state index is 14.9. The van der Waals surface area contributed by atoms with E-state index in [4.69, 9.17) is 9.47 Å². The number of carboxylic acid groups (broad SMARTS) is 1. The molecule has 1 amide bonds. The number of benzene rings is 3. The number of aliphatic carboxylic acids is 1. The first kappa shape index (κ1) is 27.3. The van der Waals surface area contributed by atoms with Crippen LogP contribution in [0.3, 0.4) is 0 Å². The summed E-state index contributed by atoms with van der Waals surface area (Å²) in [7, 11) is 1.36. The third kappa shape index (κ3) is 5.03. The lowest BCUT2D eigenvalue weighted by Crippen LogP contribution is -2.28. The van der Waals surface area contributed by atoms with Crippen molar-refractivity contribution in [1.29, 1.82) is 0 Å². The standard InChI is InChI=1S/C31H34FNO5/c1-17-11-13-20(14-12-17)25-18(2)22-15-33(29(34)21-9-8-10-24(37-7)27(21)32)16-23(22)19(3)26(25)28(30(35)36)38-31(4,5)6/h8-14,28H,15-16H2,1-7H3,(H,35,36). The maximum Gasteiger partial charge on any atom is 0.337 e. The maximum atomic E-state index is 14.9. The summed E-state index contributed by atoms with van der Waals surface area (Å²) in [5.41, 5.74) is 6.02. The van der Waals surface area contributed by atoms with Gasteiger partial charge in [0.15, 0.2) is 17.7 Å². The molecule has 7 heteroatoms. The third-order valence-corrected chi connectivity index (χ3v) is 7.01. The molecule has 0 bridgehead atoms. The summed E-state index contributed by atoms with van der Waals surface area (Å²) < 4.78 is 26.1. The second-order valence-electron chi connectivity index (χ2n) is 10.8. The molecule has 0 aliphatic carbocycles. The molecule has 6 nitrogen and oxygen atoms in total. The molecule has 1 aliphatic heterocycles. The highest BCUT2D eigenvalue weighted by atomic mass is 19.1. The summed E-state index contributed by atoms with van der Waals surface area (Å²) in [5.74, 6) is -2.22. The number of aryl methyl sites for hydroxylation is 1. The lowest BCUT2D eigenvalue weighted by atomic mass is 9.83. The van der Waals surface area contributed by atoms with Crippen molar-refractivity contribution in [2.24, 2.45) is 0 Å². The molecule has 38 heavy (non-hydrogen) atoms. The van der Waals surface area contributed by atoms with Crippen molar-refractivity contribution < 1.29 is 28.6 Å². The van der Waals surface area contributed by atoms with Crippen LogP contribution in [0.15, 0.2) is 42.5 Å². The van der Waals surface area contributed by atoms with Crippen molar-refractivity contribution in [3.05, 3.63) is 87.2 Å². The number of carboxylic acids is 1. The molecule has 1 heterocycles. The SMILES string of the molecule is COc1cccc(C(=O)N2Cc3c(C)c(-c4ccc(C)cc4)c(C(OC(C)(C)C)C(=O)O)c(C)c3C2)c1F. The molecule has 1 N–H and O–H groups in total. The fraction of sp³-hybridized carbons (Fsp3) is 0.355. The molecule has 0 spiro atoms. The Balaban J connectivity index is 1.89. The predicted octanol–water partition coefficient (Wildman–Crippen LogP) is 6.52. The third-order valence-electron chi connectivity index (χ3n) is 7.01. The Bertz CT molecular complexity index is 1410. The molecule has 0 aromatic heterocycles. The Morgan fingerprint density at radius 3 is 2.13 bits per heavy atom. The van der Waals surface area contributed by atoms with Crippen molar-refractivity contribution in [1.82, 2.24) is 4.90 Å². The van der Waals surface area contributed by atoms with Gasteiger partial charge in [0.05, 0.1) is 18.3 Å². The van der Waals surface area contributed by atoms with Crippen LogP contribution in [0.5, 0.6) is 5.75 Å². The van der Waals surface area contributed by atoms with E-state index >= 15 is 0 Å². The molecule has 4 rings (SSSR count). The molecular formula is C31H34FNO5. The second-order valence-corrected chi connectivity index (χ2v) is 10.8. The Labute approximate surface area is 223 Å². The van der Waals surface area contributed by atoms with Crippen LogP contribution in [0.2, 0.25) is 0 Å². The van der Waals surface area contributed by atoms with Gasteiger partial charge in [-0.25, -0.2) is 9.18 Å². The zero-order valence-electron chi connectivity index (χ0n) is 22.9. The van der Waals surface area contributed by atoms with Crippen LogP contribution in [0.1, 0.15) is 70.6 Å². The molecule has 3 aromatic rings. The van der Waals surface area contributed by atoms with Crippen LogP contribution >= 0.6 is 0 Å². The number of hydrogen-bond acceptors (Lipinski definition) is 4. The highest BCUT2D eigenvalue weighted by Gasteiger charge is 2.37. The molecule has 0 saturated heterocycles. The molecule has 200 valence electrons. The van der Waals surface area contributed by atoms with E-state index in [1.54, 1.807) is 11.0 Å². The lowest BCUT2D eigenvalue weighted by Gasteiger charge is -2.29. The van der Waals surface area contributed by atoms with Gasteiger partial charge < -0.3 is 19.5 Å². The van der Waals surface area contributed by atoms with Gasteiger partial charge in [0.1, 0.15) is 0 Å². The fourth-order valence-electron chi connectivity index (χ4n) is 5.18. The van der Waals surface area contributed by atoms with E-state index in [9.17, 15) is 19.1 Å². The van der Waals surface area contributed by atoms with Crippen molar-refractivity contribution in [3.8, 4) is 16.9 Å². The number of nitrogens with zero attached hydrogens (tertiary/aromatic N) is 1. The molecule has 0 radical (unpaired) electrons. The Kier molecular flexibility index (Phi) is 7.35. The average molecular weight is 520 g/mol. The van der Waals surface area contributed by atoms with E-state index in [1.165, 1.54) is 19.2 Å². The zero-order chi connectivity index (χ0) is 27.9. The van der Waals surface area contributed by atoms with Gasteiger partial charge >= 0.3 is 5.97 Å². The van der Waals surface area contributed by atoms with Gasteiger partial charge in [-0.3, -0.25) is 4.79 Å². The molecular weight excluding hydrogens is 485 g/mol. The van der Waals surface area contributed by atoms with Crippen LogP contribution in [-0.4, -0.2) is 34.6 Å². The summed E-state index contributed by atoms with van der Waals surface area (Å²) in [5, 5.41) is 10.3. The van der Waals surface area contributed by atoms with Crippen LogP contribution in [0, 0.1) is 26.6 Å². The Morgan fingerprint density at radius 1 is 0.974 bits per heavy atom. The first-order chi connectivity index (χ1) is 17.8. The molecule has 0 fully saturated rings. The number of rotatable bonds is 6. The topological polar surface area (TPSA) is 76.1 Å². The minimum atomic E-state index is -1.21. The lowest BCUT2D eigenvalue weighted by molar-refractivity contribution is -0.160. The van der Waals surface area contributed by atoms with Gasteiger partial charge in [0.2, 0.25) is 0 Å². The van der Waals surface area contributed by atoms with Crippen molar-refractivity contribution in [3.63, 3.8) is 0 Å². The van der Waals surface area contributed by atoms with E-state index < -0.39 is 29.4 Å². The highest BCUT2D eigenvalue weighted by Crippen LogP contribution is 2.44. The van der Waals surface area contributed by atoms with E-state index in [-0.39, 0.29) is 24.4 Å². The smallest absolute Gasteiger partial charge is 0.337 e. The number of halogens is 1. The van der Waals surface area contributed by atoms with Gasteiger partial charge in [-0.2, -0.15) is 0 Å². The molecule has 0 saturated carbocycles.